The van der Waals surface area contributed by atoms with Crippen LogP contribution in [0.4, 0.5) is 0 Å². The molecule has 0 spiro atoms. The average Bonchev–Trinajstić information content (AvgIpc) is 1.75. The molecular formula is C11H21BO2. The van der Waals surface area contributed by atoms with Crippen molar-refractivity contribution in [3.63, 3.8) is 0 Å². The normalized spacial score (nSPS) is 29.6. The quantitative estimate of drug-likeness (QED) is 0.498. The molecule has 14 heavy (non-hydrogen) atoms. The van der Waals surface area contributed by atoms with Gasteiger partial charge in [-0.2, -0.15) is 0 Å². The van der Waals surface area contributed by atoms with E-state index in [-0.39, 0.29) is 16.6 Å². The number of hydrogen-bond donors (Lipinski definition) is 2. The van der Waals surface area contributed by atoms with Crippen molar-refractivity contribution < 1.29 is 10.0 Å². The summed E-state index contributed by atoms with van der Waals surface area (Å²) in [4.78, 5) is 0. The Kier molecular flexibility index (Phi) is 2.85. The Morgan fingerprint density at radius 2 is 1.79 bits per heavy atom. The molecule has 0 saturated heterocycles. The van der Waals surface area contributed by atoms with Crippen molar-refractivity contribution in [1.29, 1.82) is 0 Å². The molecule has 0 amide bonds. The van der Waals surface area contributed by atoms with Gasteiger partial charge >= 0.3 is 7.12 Å². The van der Waals surface area contributed by atoms with Crippen molar-refractivity contribution in [3.05, 3.63) is 11.6 Å². The van der Waals surface area contributed by atoms with Gasteiger partial charge in [0.1, 0.15) is 0 Å². The summed E-state index contributed by atoms with van der Waals surface area (Å²) in [5, 5.41) is 18.7. The molecule has 0 fully saturated rings. The van der Waals surface area contributed by atoms with Gasteiger partial charge in [0.05, 0.1) is 0 Å². The number of rotatable bonds is 1. The SMILES string of the molecule is CC1=CC(C)(C)CC(C)(C)C1B(O)O. The summed E-state index contributed by atoms with van der Waals surface area (Å²) in [6.45, 7) is 10.6. The highest BCUT2D eigenvalue weighted by Crippen LogP contribution is 2.51. The first-order valence-corrected chi connectivity index (χ1v) is 5.21. The van der Waals surface area contributed by atoms with Gasteiger partial charge in [0.25, 0.3) is 0 Å². The third-order valence-corrected chi connectivity index (χ3v) is 3.16. The maximum Gasteiger partial charge on any atom is 0.459 e. The Morgan fingerprint density at radius 3 is 2.14 bits per heavy atom. The summed E-state index contributed by atoms with van der Waals surface area (Å²) in [6.07, 6.45) is 3.15. The second-order valence-corrected chi connectivity index (χ2v) is 5.93. The second-order valence-electron chi connectivity index (χ2n) is 5.93. The predicted molar refractivity (Wildman–Crippen MR) is 59.9 cm³/mol. The average molecular weight is 196 g/mol. The lowest BCUT2D eigenvalue weighted by atomic mass is 9.49. The van der Waals surface area contributed by atoms with Crippen LogP contribution in [0.15, 0.2) is 11.6 Å². The van der Waals surface area contributed by atoms with Gasteiger partial charge in [-0.05, 0) is 24.2 Å². The van der Waals surface area contributed by atoms with Crippen LogP contribution < -0.4 is 0 Å². The molecular weight excluding hydrogens is 175 g/mol. The van der Waals surface area contributed by atoms with Crippen LogP contribution in [0.2, 0.25) is 5.82 Å². The molecule has 0 saturated carbocycles. The summed E-state index contributed by atoms with van der Waals surface area (Å²) in [6, 6.07) is 0. The fraction of sp³-hybridized carbons (Fsp3) is 0.818. The first kappa shape index (κ1) is 11.8. The summed E-state index contributed by atoms with van der Waals surface area (Å²) in [5.74, 6) is -0.129. The van der Waals surface area contributed by atoms with Gasteiger partial charge in [-0.15, -0.1) is 0 Å². The number of hydrogen-bond acceptors (Lipinski definition) is 2. The first-order chi connectivity index (χ1) is 6.16. The summed E-state index contributed by atoms with van der Waals surface area (Å²) < 4.78 is 0. The lowest BCUT2D eigenvalue weighted by molar-refractivity contribution is 0.192. The van der Waals surface area contributed by atoms with Gasteiger partial charge in [0.2, 0.25) is 0 Å². The lowest BCUT2D eigenvalue weighted by Crippen LogP contribution is -2.39. The zero-order chi connectivity index (χ0) is 11.1. The number of allylic oxidation sites excluding steroid dienone is 2. The molecule has 1 atom stereocenters. The third-order valence-electron chi connectivity index (χ3n) is 3.16. The van der Waals surface area contributed by atoms with Gasteiger partial charge < -0.3 is 10.0 Å². The van der Waals surface area contributed by atoms with E-state index in [9.17, 15) is 10.0 Å². The van der Waals surface area contributed by atoms with Crippen LogP contribution in [0.5, 0.6) is 0 Å². The summed E-state index contributed by atoms with van der Waals surface area (Å²) in [5.41, 5.74) is 1.22. The molecule has 0 heterocycles. The van der Waals surface area contributed by atoms with E-state index in [1.54, 1.807) is 0 Å². The minimum absolute atomic E-state index is 0.0451. The molecule has 0 aromatic rings. The van der Waals surface area contributed by atoms with Crippen LogP contribution >= 0.6 is 0 Å². The molecule has 0 aliphatic heterocycles. The topological polar surface area (TPSA) is 40.5 Å². The smallest absolute Gasteiger partial charge is 0.427 e. The maximum absolute atomic E-state index is 9.37. The highest BCUT2D eigenvalue weighted by atomic mass is 16.4. The first-order valence-electron chi connectivity index (χ1n) is 5.21. The van der Waals surface area contributed by atoms with Crippen LogP contribution in [-0.2, 0) is 0 Å². The van der Waals surface area contributed by atoms with Crippen LogP contribution in [0.1, 0.15) is 41.0 Å². The molecule has 2 N–H and O–H groups in total. The van der Waals surface area contributed by atoms with Gasteiger partial charge in [0, 0.05) is 5.82 Å². The summed E-state index contributed by atoms with van der Waals surface area (Å²) in [7, 11) is -1.24. The molecule has 1 rings (SSSR count). The van der Waals surface area contributed by atoms with E-state index in [1.165, 1.54) is 0 Å². The summed E-state index contributed by atoms with van der Waals surface area (Å²) >= 11 is 0. The Balaban J connectivity index is 3.08. The molecule has 2 nitrogen and oxygen atoms in total. The predicted octanol–water partition coefficient (Wildman–Crippen LogP) is 2.23. The molecule has 3 heteroatoms. The van der Waals surface area contributed by atoms with Gasteiger partial charge in [-0.25, -0.2) is 0 Å². The fourth-order valence-corrected chi connectivity index (χ4v) is 3.30. The third kappa shape index (κ3) is 2.21. The van der Waals surface area contributed by atoms with E-state index in [0.29, 0.717) is 0 Å². The van der Waals surface area contributed by atoms with Crippen molar-refractivity contribution in [2.24, 2.45) is 10.8 Å². The van der Waals surface area contributed by atoms with E-state index in [2.05, 4.69) is 33.8 Å². The van der Waals surface area contributed by atoms with Crippen LogP contribution in [0.25, 0.3) is 0 Å². The lowest BCUT2D eigenvalue weighted by Gasteiger charge is -2.44. The van der Waals surface area contributed by atoms with Crippen molar-refractivity contribution in [2.75, 3.05) is 0 Å². The highest BCUT2D eigenvalue weighted by Gasteiger charge is 2.45. The van der Waals surface area contributed by atoms with E-state index < -0.39 is 7.12 Å². The fourth-order valence-electron chi connectivity index (χ4n) is 3.30. The van der Waals surface area contributed by atoms with Crippen molar-refractivity contribution in [2.45, 2.75) is 46.9 Å². The van der Waals surface area contributed by atoms with E-state index >= 15 is 0 Å². The molecule has 0 aromatic carbocycles. The monoisotopic (exact) mass is 196 g/mol. The van der Waals surface area contributed by atoms with E-state index in [0.717, 1.165) is 12.0 Å². The Hall–Kier alpha value is -0.275. The van der Waals surface area contributed by atoms with E-state index in [4.69, 9.17) is 0 Å². The second kappa shape index (κ2) is 3.39. The molecule has 0 aromatic heterocycles. The van der Waals surface area contributed by atoms with Crippen molar-refractivity contribution in [3.8, 4) is 0 Å². The Labute approximate surface area is 87.2 Å². The van der Waals surface area contributed by atoms with Gasteiger partial charge in [-0.3, -0.25) is 0 Å². The van der Waals surface area contributed by atoms with Gasteiger partial charge in [-0.1, -0.05) is 39.3 Å². The van der Waals surface area contributed by atoms with Crippen molar-refractivity contribution >= 4 is 7.12 Å². The van der Waals surface area contributed by atoms with Crippen molar-refractivity contribution in [1.82, 2.24) is 0 Å². The van der Waals surface area contributed by atoms with Crippen LogP contribution in [-0.4, -0.2) is 17.2 Å². The Bertz CT molecular complexity index is 254. The minimum atomic E-state index is -1.24. The molecule has 1 aliphatic rings. The maximum atomic E-state index is 9.37. The molecule has 0 bridgehead atoms. The molecule has 0 radical (unpaired) electrons. The highest BCUT2D eigenvalue weighted by molar-refractivity contribution is 6.44. The Morgan fingerprint density at radius 1 is 1.29 bits per heavy atom. The minimum Gasteiger partial charge on any atom is -0.427 e. The molecule has 1 unspecified atom stereocenters. The molecule has 80 valence electrons. The molecule has 1 aliphatic carbocycles. The van der Waals surface area contributed by atoms with Crippen LogP contribution in [0.3, 0.4) is 0 Å². The standard InChI is InChI=1S/C11H21BO2/c1-8-6-10(2,3)7-11(4,5)9(8)12(13)14/h6,9,13-14H,7H2,1-5H3. The largest absolute Gasteiger partial charge is 0.459 e. The van der Waals surface area contributed by atoms with Crippen LogP contribution in [0, 0.1) is 10.8 Å². The van der Waals surface area contributed by atoms with E-state index in [1.807, 2.05) is 6.92 Å². The zero-order valence-corrected chi connectivity index (χ0v) is 9.83. The van der Waals surface area contributed by atoms with Gasteiger partial charge in [0.15, 0.2) is 0 Å². The zero-order valence-electron chi connectivity index (χ0n) is 9.83.